The van der Waals surface area contributed by atoms with Crippen molar-refractivity contribution in [2.24, 2.45) is 0 Å². The predicted molar refractivity (Wildman–Crippen MR) is 143 cm³/mol. The van der Waals surface area contributed by atoms with E-state index in [1.807, 2.05) is 0 Å². The zero-order valence-corrected chi connectivity index (χ0v) is 22.9. The van der Waals surface area contributed by atoms with Gasteiger partial charge in [-0.1, -0.05) is 35.4 Å². The number of hydrogen-bond donors (Lipinski definition) is 3. The lowest BCUT2D eigenvalue weighted by molar-refractivity contribution is -0.682. The molecule has 2 atom stereocenters. The summed E-state index contributed by atoms with van der Waals surface area (Å²) in [7, 11) is 0. The Morgan fingerprint density at radius 1 is 1.32 bits per heavy atom. The Kier molecular flexibility index (Phi) is 8.80. The Morgan fingerprint density at radius 3 is 2.86 bits per heavy atom. The summed E-state index contributed by atoms with van der Waals surface area (Å²) in [6, 6.07) is 5.67. The van der Waals surface area contributed by atoms with Gasteiger partial charge in [-0.2, -0.15) is 0 Å². The molecular weight excluding hydrogens is 579 g/mol. The Morgan fingerprint density at radius 2 is 2.11 bits per heavy atom. The monoisotopic (exact) mass is 598 g/mol. The van der Waals surface area contributed by atoms with E-state index in [1.54, 1.807) is 42.6 Å². The van der Waals surface area contributed by atoms with Crippen LogP contribution in [0.15, 0.2) is 63.9 Å². The lowest BCUT2D eigenvalue weighted by Gasteiger charge is -2.50. The second kappa shape index (κ2) is 11.9. The maximum absolute atomic E-state index is 12.8. The number of carbonyl (C=O) groups excluding carboxylic acids is 3. The molecule has 194 valence electrons. The molecule has 2 amide bonds. The lowest BCUT2D eigenvalue weighted by atomic mass is 10.0. The van der Waals surface area contributed by atoms with Crippen LogP contribution in [0.1, 0.15) is 0 Å². The maximum Gasteiger partial charge on any atom is 0.384 e. The number of β-lactam (4-membered cyclic amide) rings is 1. The molecule has 0 spiro atoms. The van der Waals surface area contributed by atoms with E-state index in [1.165, 1.54) is 40.0 Å². The second-order valence-corrected chi connectivity index (χ2v) is 11.7. The number of carboxylic acid groups (broad SMARTS) is 1. The first-order valence-electron chi connectivity index (χ1n) is 10.6. The molecule has 2 aliphatic rings. The van der Waals surface area contributed by atoms with Gasteiger partial charge in [0.15, 0.2) is 0 Å². The highest BCUT2D eigenvalue weighted by Gasteiger charge is 2.52. The predicted octanol–water partition coefficient (Wildman–Crippen LogP) is 0.816. The number of carbonyl (C=O) groups is 3. The third-order valence-corrected chi connectivity index (χ3v) is 9.19. The van der Waals surface area contributed by atoms with Gasteiger partial charge < -0.3 is 21.0 Å². The second-order valence-electron chi connectivity index (χ2n) is 7.74. The number of amides is 2. The van der Waals surface area contributed by atoms with Crippen LogP contribution in [-0.4, -0.2) is 56.3 Å². The molecule has 1 fully saturated rings. The molecule has 1 saturated heterocycles. The summed E-state index contributed by atoms with van der Waals surface area (Å²) in [4.78, 5) is 43.2. The van der Waals surface area contributed by atoms with Gasteiger partial charge in [-0.05, 0) is 40.5 Å². The van der Waals surface area contributed by atoms with Crippen molar-refractivity contribution in [2.45, 2.75) is 21.5 Å². The number of nitrogens with zero attached hydrogens (tertiary/aromatic N) is 3. The first kappa shape index (κ1) is 27.5. The minimum atomic E-state index is -1.46. The molecule has 0 radical (unpaired) electrons. The fourth-order valence-corrected chi connectivity index (χ4v) is 6.90. The molecule has 2 aromatic rings. The van der Waals surface area contributed by atoms with Gasteiger partial charge in [0.25, 0.3) is 5.91 Å². The molecule has 0 aliphatic carbocycles. The number of halogens is 2. The van der Waals surface area contributed by atoms with Crippen LogP contribution >= 0.6 is 58.5 Å². The van der Waals surface area contributed by atoms with Gasteiger partial charge in [0, 0.05) is 27.5 Å². The van der Waals surface area contributed by atoms with Crippen molar-refractivity contribution >= 4 is 82.1 Å². The molecule has 4 rings (SSSR count). The summed E-state index contributed by atoms with van der Waals surface area (Å²) in [5.41, 5.74) is 5.91. The highest BCUT2D eigenvalue weighted by Crippen LogP contribution is 2.40. The van der Waals surface area contributed by atoms with Crippen molar-refractivity contribution in [1.29, 1.82) is 0 Å². The van der Waals surface area contributed by atoms with Crippen LogP contribution in [-0.2, 0) is 14.4 Å². The Hall–Kier alpha value is -2.58. The summed E-state index contributed by atoms with van der Waals surface area (Å²) < 4.78 is 1.33. The fraction of sp³-hybridized carbons (Fsp3) is 0.227. The molecule has 3 heterocycles. The first-order valence-corrected chi connectivity index (χ1v) is 14.4. The van der Waals surface area contributed by atoms with E-state index in [9.17, 15) is 19.5 Å². The van der Waals surface area contributed by atoms with E-state index < -0.39 is 23.3 Å². The van der Waals surface area contributed by atoms with Crippen molar-refractivity contribution in [1.82, 2.24) is 15.2 Å². The van der Waals surface area contributed by atoms with Gasteiger partial charge in [-0.3, -0.25) is 20.3 Å². The van der Waals surface area contributed by atoms with Crippen LogP contribution in [0, 0.1) is 0 Å². The summed E-state index contributed by atoms with van der Waals surface area (Å²) in [6.45, 7) is 0. The van der Waals surface area contributed by atoms with Crippen LogP contribution in [0.5, 0.6) is 0 Å². The van der Waals surface area contributed by atoms with E-state index in [0.29, 0.717) is 43.0 Å². The summed E-state index contributed by atoms with van der Waals surface area (Å²) in [6.07, 6.45) is 4.97. The van der Waals surface area contributed by atoms with Crippen LogP contribution < -0.4 is 26.7 Å². The van der Waals surface area contributed by atoms with Crippen molar-refractivity contribution in [3.63, 3.8) is 0 Å². The Balaban J connectivity index is 1.37. The Labute approximate surface area is 234 Å². The van der Waals surface area contributed by atoms with E-state index in [2.05, 4.69) is 10.3 Å². The molecule has 0 saturated carbocycles. The topological polar surface area (TPSA) is 158 Å². The number of anilines is 1. The number of nitrogens with two attached hydrogens (primary N) is 2. The molecule has 1 aromatic heterocycles. The zero-order chi connectivity index (χ0) is 26.7. The standard InChI is InChI=1S/C22H20Cl2N6O4S3/c23-12-3-4-13(24)14(8-12)36-10-16(31)28-17-19(32)30-18(21(33)34)11(9-37-20(17)30)2-1-7-35-22-27-15(25)5-6-29(22)26/h1-6,8,17,20,25H,7,9-10,26H2,(H2,28,31,33,34)/b2-1+/t17-,20-/m1/s1. The van der Waals surface area contributed by atoms with Crippen LogP contribution in [0.2, 0.25) is 10.0 Å². The SMILES string of the molecule is Nc1cc[n+](N)c(SC/C=C/C2=C(C(=O)[O-])N3C(=O)[C@@H](NC(=O)CSc4cc(Cl)ccc4Cl)[C@H]3SC2)n1. The number of aromatic nitrogens is 2. The van der Waals surface area contributed by atoms with Gasteiger partial charge in [-0.15, -0.1) is 28.2 Å². The third kappa shape index (κ3) is 6.29. The highest BCUT2D eigenvalue weighted by molar-refractivity contribution is 8.00. The van der Waals surface area contributed by atoms with Gasteiger partial charge in [0.2, 0.25) is 11.7 Å². The minimum absolute atomic E-state index is 0.0147. The van der Waals surface area contributed by atoms with E-state index in [-0.39, 0.29) is 17.4 Å². The first-order chi connectivity index (χ1) is 17.7. The van der Waals surface area contributed by atoms with Crippen LogP contribution in [0.3, 0.4) is 0 Å². The van der Waals surface area contributed by atoms with Crippen LogP contribution in [0.25, 0.3) is 0 Å². The molecule has 37 heavy (non-hydrogen) atoms. The normalized spacial score (nSPS) is 19.1. The van der Waals surface area contributed by atoms with Crippen molar-refractivity contribution in [3.05, 3.63) is 63.9 Å². The summed E-state index contributed by atoms with van der Waals surface area (Å²) >= 11 is 16.0. The van der Waals surface area contributed by atoms with E-state index >= 15 is 0 Å². The maximum atomic E-state index is 12.8. The van der Waals surface area contributed by atoms with Gasteiger partial charge in [0.1, 0.15) is 17.6 Å². The smallest absolute Gasteiger partial charge is 0.384 e. The number of hydrogen-bond acceptors (Lipinski definition) is 10. The molecule has 5 N–H and O–H groups in total. The molecule has 10 nitrogen and oxygen atoms in total. The van der Waals surface area contributed by atoms with Gasteiger partial charge in [-0.25, -0.2) is 0 Å². The quantitative estimate of drug-likeness (QED) is 0.124. The number of nitrogens with one attached hydrogen (secondary N) is 1. The van der Waals surface area contributed by atoms with Crippen molar-refractivity contribution in [3.8, 4) is 0 Å². The molecular formula is C22H20Cl2N6O4S3. The highest BCUT2D eigenvalue weighted by atomic mass is 35.5. The van der Waals surface area contributed by atoms with Gasteiger partial charge >= 0.3 is 5.16 Å². The van der Waals surface area contributed by atoms with E-state index in [0.717, 1.165) is 4.90 Å². The lowest BCUT2D eigenvalue weighted by Crippen LogP contribution is -2.71. The number of benzene rings is 1. The number of fused-ring (bicyclic) bond motifs is 1. The van der Waals surface area contributed by atoms with Crippen molar-refractivity contribution < 1.29 is 24.2 Å². The average Bonchev–Trinajstić information content (AvgIpc) is 2.86. The minimum Gasteiger partial charge on any atom is -0.543 e. The summed E-state index contributed by atoms with van der Waals surface area (Å²) in [5.74, 6) is 4.56. The average molecular weight is 600 g/mol. The number of aliphatic carboxylic acids is 1. The number of rotatable bonds is 9. The fourth-order valence-electron chi connectivity index (χ4n) is 3.55. The van der Waals surface area contributed by atoms with Crippen molar-refractivity contribution in [2.75, 3.05) is 28.8 Å². The third-order valence-electron chi connectivity index (χ3n) is 5.24. The molecule has 15 heteroatoms. The molecule has 0 unspecified atom stereocenters. The van der Waals surface area contributed by atoms with E-state index in [4.69, 9.17) is 34.8 Å². The summed E-state index contributed by atoms with van der Waals surface area (Å²) in [5, 5.41) is 15.5. The molecule has 2 aliphatic heterocycles. The van der Waals surface area contributed by atoms with Crippen LogP contribution in [0.4, 0.5) is 5.82 Å². The Bertz CT molecular complexity index is 1330. The van der Waals surface area contributed by atoms with Gasteiger partial charge in [0.05, 0.1) is 22.4 Å². The zero-order valence-electron chi connectivity index (χ0n) is 18.9. The molecule has 1 aromatic carbocycles. The largest absolute Gasteiger partial charge is 0.543 e. The molecule has 0 bridgehead atoms. The number of thioether (sulfide) groups is 3. The number of nitrogen functional groups attached to an aromatic ring is 2. The number of allylic oxidation sites excluding steroid dienone is 1. The number of carboxylic acids is 1.